The van der Waals surface area contributed by atoms with E-state index in [1.54, 1.807) is 12.1 Å². The summed E-state index contributed by atoms with van der Waals surface area (Å²) in [4.78, 5) is 41.5. The molecular weight excluding hydrogens is 354 g/mol. The Morgan fingerprint density at radius 2 is 1.71 bits per heavy atom. The molecule has 3 atom stereocenters. The van der Waals surface area contributed by atoms with E-state index in [0.29, 0.717) is 12.0 Å². The molecule has 3 unspecified atom stereocenters. The first-order valence-corrected chi connectivity index (χ1v) is 9.83. The van der Waals surface area contributed by atoms with Gasteiger partial charge in [-0.25, -0.2) is 4.79 Å². The van der Waals surface area contributed by atoms with Crippen LogP contribution in [0, 0.1) is 23.2 Å². The number of ketones is 2. The number of carbonyl (C=O) groups excluding carboxylic acids is 3. The number of hydrogen-bond acceptors (Lipinski definition) is 5. The smallest absolute Gasteiger partial charge is 0.356 e. The minimum absolute atomic E-state index is 0.0388. The van der Waals surface area contributed by atoms with E-state index in [1.807, 2.05) is 20.8 Å². The molecule has 0 spiro atoms. The Labute approximate surface area is 167 Å². The minimum atomic E-state index is -0.649. The van der Waals surface area contributed by atoms with Crippen LogP contribution < -0.4 is 5.90 Å². The number of hydrogen-bond donors (Lipinski definition) is 1. The van der Waals surface area contributed by atoms with Gasteiger partial charge in [-0.3, -0.25) is 9.59 Å². The summed E-state index contributed by atoms with van der Waals surface area (Å²) in [6.45, 7) is 10.2. The van der Waals surface area contributed by atoms with Gasteiger partial charge in [0.25, 0.3) is 0 Å². The van der Waals surface area contributed by atoms with E-state index in [1.165, 1.54) is 12.1 Å². The molecular formula is C23H31NO4. The molecule has 0 bridgehead atoms. The summed E-state index contributed by atoms with van der Waals surface area (Å²) in [5.41, 5.74) is 1.90. The topological polar surface area (TPSA) is 86.5 Å². The highest BCUT2D eigenvalue weighted by Crippen LogP contribution is 2.42. The van der Waals surface area contributed by atoms with E-state index in [0.717, 1.165) is 18.4 Å². The van der Waals surface area contributed by atoms with Crippen molar-refractivity contribution < 1.29 is 19.2 Å². The quantitative estimate of drug-likeness (QED) is 0.424. The number of nitrogens with two attached hydrogens (primary N) is 1. The molecule has 2 rings (SSSR count). The van der Waals surface area contributed by atoms with E-state index in [9.17, 15) is 14.4 Å². The molecule has 0 fully saturated rings. The SMILES string of the molecule is CC1=CCCC(C)(C)C1C(=O)CC(C)C(C)C(=O)c1ccc(C(=O)ON)cc1. The number of Topliss-reactive ketones (excluding diaryl/α,β-unsaturated/α-hetero) is 2. The van der Waals surface area contributed by atoms with Crippen molar-refractivity contribution >= 4 is 17.5 Å². The molecule has 0 aliphatic heterocycles. The summed E-state index contributed by atoms with van der Waals surface area (Å²) >= 11 is 0. The van der Waals surface area contributed by atoms with Gasteiger partial charge in [-0.15, -0.1) is 0 Å². The van der Waals surface area contributed by atoms with Gasteiger partial charge >= 0.3 is 5.97 Å². The fourth-order valence-electron chi connectivity index (χ4n) is 4.21. The third-order valence-electron chi connectivity index (χ3n) is 6.12. The van der Waals surface area contributed by atoms with Gasteiger partial charge in [0.15, 0.2) is 5.78 Å². The van der Waals surface area contributed by atoms with Crippen LogP contribution in [0.1, 0.15) is 74.6 Å². The molecule has 1 aliphatic rings. The van der Waals surface area contributed by atoms with Crippen LogP contribution in [0.4, 0.5) is 0 Å². The highest BCUT2D eigenvalue weighted by molar-refractivity contribution is 5.99. The molecule has 5 nitrogen and oxygen atoms in total. The summed E-state index contributed by atoms with van der Waals surface area (Å²) < 4.78 is 0. The van der Waals surface area contributed by atoms with Crippen molar-refractivity contribution in [1.82, 2.24) is 0 Å². The molecule has 152 valence electrons. The van der Waals surface area contributed by atoms with Crippen molar-refractivity contribution in [3.05, 3.63) is 47.0 Å². The second-order valence-electron chi connectivity index (χ2n) is 8.69. The Morgan fingerprint density at radius 3 is 2.25 bits per heavy atom. The Kier molecular flexibility index (Phi) is 6.94. The minimum Gasteiger partial charge on any atom is -0.370 e. The molecule has 0 amide bonds. The van der Waals surface area contributed by atoms with Crippen LogP contribution in [-0.2, 0) is 9.63 Å². The summed E-state index contributed by atoms with van der Waals surface area (Å²) in [5, 5.41) is 0. The first kappa shape index (κ1) is 22.0. The van der Waals surface area contributed by atoms with E-state index < -0.39 is 5.97 Å². The average Bonchev–Trinajstić information content (AvgIpc) is 2.65. The Bertz CT molecular complexity index is 776. The number of rotatable bonds is 7. The van der Waals surface area contributed by atoms with Crippen LogP contribution in [-0.4, -0.2) is 17.5 Å². The first-order valence-electron chi connectivity index (χ1n) is 9.83. The van der Waals surface area contributed by atoms with Crippen LogP contribution in [0.3, 0.4) is 0 Å². The second-order valence-corrected chi connectivity index (χ2v) is 8.69. The maximum atomic E-state index is 13.0. The standard InChI is InChI=1S/C23H31NO4/c1-14-7-6-12-23(4,5)20(14)19(25)13-15(2)16(3)21(26)17-8-10-18(11-9-17)22(27)28-24/h7-11,15-16,20H,6,12-13,24H2,1-5H3. The van der Waals surface area contributed by atoms with E-state index in [4.69, 9.17) is 5.90 Å². The van der Waals surface area contributed by atoms with E-state index in [-0.39, 0.29) is 40.3 Å². The highest BCUT2D eigenvalue weighted by atomic mass is 16.7. The molecule has 0 aromatic heterocycles. The summed E-state index contributed by atoms with van der Waals surface area (Å²) in [5.74, 6) is 3.96. The summed E-state index contributed by atoms with van der Waals surface area (Å²) in [6, 6.07) is 6.22. The lowest BCUT2D eigenvalue weighted by atomic mass is 9.65. The van der Waals surface area contributed by atoms with Crippen molar-refractivity contribution in [1.29, 1.82) is 0 Å². The Hall–Kier alpha value is -2.27. The third-order valence-corrected chi connectivity index (χ3v) is 6.12. The molecule has 1 aromatic carbocycles. The molecule has 1 aliphatic carbocycles. The Balaban J connectivity index is 2.07. The molecule has 1 aromatic rings. The lowest BCUT2D eigenvalue weighted by Gasteiger charge is -2.38. The first-order chi connectivity index (χ1) is 13.1. The maximum Gasteiger partial charge on any atom is 0.356 e. The van der Waals surface area contributed by atoms with Gasteiger partial charge in [-0.1, -0.05) is 51.5 Å². The van der Waals surface area contributed by atoms with Crippen LogP contribution in [0.5, 0.6) is 0 Å². The summed E-state index contributed by atoms with van der Waals surface area (Å²) in [6.07, 6.45) is 4.56. The second kappa shape index (κ2) is 8.82. The molecule has 0 radical (unpaired) electrons. The lowest BCUT2D eigenvalue weighted by Crippen LogP contribution is -2.36. The fourth-order valence-corrected chi connectivity index (χ4v) is 4.21. The zero-order valence-electron chi connectivity index (χ0n) is 17.5. The maximum absolute atomic E-state index is 13.0. The van der Waals surface area contributed by atoms with Crippen molar-refractivity contribution in [2.24, 2.45) is 29.1 Å². The number of allylic oxidation sites excluding steroid dienone is 2. The summed E-state index contributed by atoms with van der Waals surface area (Å²) in [7, 11) is 0. The third kappa shape index (κ3) is 4.76. The van der Waals surface area contributed by atoms with Crippen LogP contribution in [0.2, 0.25) is 0 Å². The normalized spacial score (nSPS) is 20.6. The van der Waals surface area contributed by atoms with Crippen molar-refractivity contribution in [3.63, 3.8) is 0 Å². The van der Waals surface area contributed by atoms with Gasteiger partial charge in [0.1, 0.15) is 5.78 Å². The van der Waals surface area contributed by atoms with Crippen LogP contribution in [0.15, 0.2) is 35.9 Å². The zero-order valence-corrected chi connectivity index (χ0v) is 17.5. The number of benzene rings is 1. The lowest BCUT2D eigenvalue weighted by molar-refractivity contribution is -0.126. The van der Waals surface area contributed by atoms with Crippen LogP contribution >= 0.6 is 0 Å². The predicted octanol–water partition coefficient (Wildman–Crippen LogP) is 4.51. The molecule has 5 heteroatoms. The van der Waals surface area contributed by atoms with E-state index in [2.05, 4.69) is 24.8 Å². The highest BCUT2D eigenvalue weighted by Gasteiger charge is 2.38. The molecule has 28 heavy (non-hydrogen) atoms. The van der Waals surface area contributed by atoms with Crippen molar-refractivity contribution in [3.8, 4) is 0 Å². The van der Waals surface area contributed by atoms with Crippen molar-refractivity contribution in [2.45, 2.75) is 53.9 Å². The Morgan fingerprint density at radius 1 is 1.14 bits per heavy atom. The van der Waals surface area contributed by atoms with Gasteiger partial charge in [0, 0.05) is 23.8 Å². The van der Waals surface area contributed by atoms with E-state index >= 15 is 0 Å². The van der Waals surface area contributed by atoms with Crippen molar-refractivity contribution in [2.75, 3.05) is 0 Å². The van der Waals surface area contributed by atoms with Gasteiger partial charge < -0.3 is 4.84 Å². The average molecular weight is 386 g/mol. The fraction of sp³-hybridized carbons (Fsp3) is 0.522. The molecule has 0 saturated heterocycles. The monoisotopic (exact) mass is 385 g/mol. The molecule has 2 N–H and O–H groups in total. The number of carbonyl (C=O) groups is 3. The van der Waals surface area contributed by atoms with Gasteiger partial charge in [0.2, 0.25) is 0 Å². The van der Waals surface area contributed by atoms with Gasteiger partial charge in [-0.2, -0.15) is 5.90 Å². The van der Waals surface area contributed by atoms with Gasteiger partial charge in [-0.05, 0) is 43.2 Å². The predicted molar refractivity (Wildman–Crippen MR) is 109 cm³/mol. The largest absolute Gasteiger partial charge is 0.370 e. The zero-order chi connectivity index (χ0) is 21.1. The van der Waals surface area contributed by atoms with Gasteiger partial charge in [0.05, 0.1) is 5.56 Å². The molecule has 0 saturated carbocycles. The molecule has 0 heterocycles. The van der Waals surface area contributed by atoms with Crippen LogP contribution in [0.25, 0.3) is 0 Å².